The minimum absolute atomic E-state index is 0.0471. The number of methoxy groups -OCH3 is 1. The molecule has 1 amide bonds. The Bertz CT molecular complexity index is 729. The predicted octanol–water partition coefficient (Wildman–Crippen LogP) is 2.88. The lowest BCUT2D eigenvalue weighted by atomic mass is 9.97. The highest BCUT2D eigenvalue weighted by Crippen LogP contribution is 2.26. The lowest BCUT2D eigenvalue weighted by Crippen LogP contribution is -2.45. The largest absolute Gasteiger partial charge is 0.497 e. The number of rotatable bonds is 6. The highest BCUT2D eigenvalue weighted by molar-refractivity contribution is 5.79. The van der Waals surface area contributed by atoms with E-state index < -0.39 is 0 Å². The van der Waals surface area contributed by atoms with E-state index in [1.54, 1.807) is 7.11 Å². The van der Waals surface area contributed by atoms with Crippen molar-refractivity contribution in [3.63, 3.8) is 0 Å². The molecular weight excluding hydrogens is 332 g/mol. The Balaban J connectivity index is 1.67. The quantitative estimate of drug-likeness (QED) is 0.855. The van der Waals surface area contributed by atoms with E-state index in [-0.39, 0.29) is 17.9 Å². The van der Waals surface area contributed by atoms with Crippen molar-refractivity contribution >= 4 is 11.9 Å². The van der Waals surface area contributed by atoms with Crippen LogP contribution in [0.1, 0.15) is 33.1 Å². The molecule has 0 radical (unpaired) electrons. The molecule has 1 N–H and O–H groups in total. The zero-order valence-corrected chi connectivity index (χ0v) is 15.6. The van der Waals surface area contributed by atoms with Crippen molar-refractivity contribution in [3.8, 4) is 17.1 Å². The summed E-state index contributed by atoms with van der Waals surface area (Å²) in [6, 6.07) is 8.18. The molecule has 7 nitrogen and oxygen atoms in total. The predicted molar refractivity (Wildman–Crippen MR) is 99.1 cm³/mol. The number of aromatic nitrogens is 2. The van der Waals surface area contributed by atoms with E-state index in [0.29, 0.717) is 18.4 Å². The maximum absolute atomic E-state index is 12.4. The maximum atomic E-state index is 12.4. The van der Waals surface area contributed by atoms with E-state index >= 15 is 0 Å². The number of nitrogens with one attached hydrogen (secondary N) is 1. The highest BCUT2D eigenvalue weighted by Gasteiger charge is 2.29. The zero-order valence-electron chi connectivity index (χ0n) is 15.6. The van der Waals surface area contributed by atoms with Crippen molar-refractivity contribution < 1.29 is 14.1 Å². The third kappa shape index (κ3) is 4.15. The van der Waals surface area contributed by atoms with Crippen LogP contribution in [0.15, 0.2) is 28.8 Å². The molecule has 7 heteroatoms. The standard InChI is InChI=1S/C19H26N4O3/c1-4-13(2)20-18(24)15-6-5-11-23(12-15)19-21-17(22-26-19)14-7-9-16(25-3)10-8-14/h7-10,13,15H,4-6,11-12H2,1-3H3,(H,20,24)/t13-,15-/m1/s1. The number of amides is 1. The maximum Gasteiger partial charge on any atom is 0.324 e. The summed E-state index contributed by atoms with van der Waals surface area (Å²) >= 11 is 0. The van der Waals surface area contributed by atoms with Crippen molar-refractivity contribution in [1.29, 1.82) is 0 Å². The Kier molecular flexibility index (Phi) is 5.75. The van der Waals surface area contributed by atoms with Crippen molar-refractivity contribution in [2.24, 2.45) is 5.92 Å². The van der Waals surface area contributed by atoms with Gasteiger partial charge in [-0.1, -0.05) is 12.1 Å². The van der Waals surface area contributed by atoms with E-state index in [1.165, 1.54) is 0 Å². The van der Waals surface area contributed by atoms with Gasteiger partial charge in [0.15, 0.2) is 0 Å². The first kappa shape index (κ1) is 18.2. The molecule has 1 saturated heterocycles. The van der Waals surface area contributed by atoms with E-state index in [2.05, 4.69) is 22.4 Å². The molecule has 1 aromatic carbocycles. The van der Waals surface area contributed by atoms with Gasteiger partial charge in [0.25, 0.3) is 0 Å². The van der Waals surface area contributed by atoms with Gasteiger partial charge in [0.05, 0.1) is 13.0 Å². The summed E-state index contributed by atoms with van der Waals surface area (Å²) < 4.78 is 10.6. The molecule has 26 heavy (non-hydrogen) atoms. The van der Waals surface area contributed by atoms with Gasteiger partial charge in [0, 0.05) is 24.7 Å². The van der Waals surface area contributed by atoms with Crippen LogP contribution in [0.25, 0.3) is 11.4 Å². The van der Waals surface area contributed by atoms with E-state index in [4.69, 9.17) is 9.26 Å². The number of anilines is 1. The molecule has 0 bridgehead atoms. The number of ether oxygens (including phenoxy) is 1. The monoisotopic (exact) mass is 358 g/mol. The Morgan fingerprint density at radius 3 is 2.88 bits per heavy atom. The summed E-state index contributed by atoms with van der Waals surface area (Å²) in [5.41, 5.74) is 0.865. The number of carbonyl (C=O) groups is 1. The Morgan fingerprint density at radius 2 is 2.19 bits per heavy atom. The van der Waals surface area contributed by atoms with Gasteiger partial charge in [-0.15, -0.1) is 0 Å². The van der Waals surface area contributed by atoms with Gasteiger partial charge in [0.2, 0.25) is 11.7 Å². The minimum atomic E-state index is -0.0471. The minimum Gasteiger partial charge on any atom is -0.497 e. The smallest absolute Gasteiger partial charge is 0.324 e. The number of hydrogen-bond acceptors (Lipinski definition) is 6. The average molecular weight is 358 g/mol. The normalized spacial score (nSPS) is 18.4. The Morgan fingerprint density at radius 1 is 1.42 bits per heavy atom. The van der Waals surface area contributed by atoms with Crippen LogP contribution in [-0.2, 0) is 4.79 Å². The Labute approximate surface area is 153 Å². The molecule has 1 aliphatic heterocycles. The van der Waals surface area contributed by atoms with Gasteiger partial charge in [0.1, 0.15) is 5.75 Å². The van der Waals surface area contributed by atoms with Crippen LogP contribution in [0.3, 0.4) is 0 Å². The molecule has 2 heterocycles. The van der Waals surface area contributed by atoms with Crippen LogP contribution >= 0.6 is 0 Å². The lowest BCUT2D eigenvalue weighted by molar-refractivity contribution is -0.125. The van der Waals surface area contributed by atoms with Crippen LogP contribution in [0.2, 0.25) is 0 Å². The third-order valence-corrected chi connectivity index (χ3v) is 4.83. The van der Waals surface area contributed by atoms with Crippen LogP contribution in [0, 0.1) is 5.92 Å². The molecule has 1 fully saturated rings. The van der Waals surface area contributed by atoms with Crippen LogP contribution < -0.4 is 15.0 Å². The average Bonchev–Trinajstić information content (AvgIpc) is 3.18. The van der Waals surface area contributed by atoms with Crippen molar-refractivity contribution in [2.75, 3.05) is 25.1 Å². The summed E-state index contributed by atoms with van der Waals surface area (Å²) in [4.78, 5) is 18.9. The summed E-state index contributed by atoms with van der Waals surface area (Å²) in [5.74, 6) is 1.38. The van der Waals surface area contributed by atoms with E-state index in [0.717, 1.165) is 37.1 Å². The van der Waals surface area contributed by atoms with Crippen molar-refractivity contribution in [1.82, 2.24) is 15.5 Å². The molecule has 140 valence electrons. The van der Waals surface area contributed by atoms with Gasteiger partial charge in [-0.3, -0.25) is 4.79 Å². The molecule has 2 atom stereocenters. The first-order valence-corrected chi connectivity index (χ1v) is 9.14. The molecule has 0 saturated carbocycles. The first-order valence-electron chi connectivity index (χ1n) is 9.14. The summed E-state index contributed by atoms with van der Waals surface area (Å²) in [7, 11) is 1.63. The van der Waals surface area contributed by atoms with Crippen molar-refractivity contribution in [3.05, 3.63) is 24.3 Å². The first-order chi connectivity index (χ1) is 12.6. The molecule has 0 spiro atoms. The second-order valence-electron chi connectivity index (χ2n) is 6.73. The number of carbonyl (C=O) groups excluding carboxylic acids is 1. The fourth-order valence-corrected chi connectivity index (χ4v) is 3.03. The molecule has 1 aromatic heterocycles. The zero-order chi connectivity index (χ0) is 18.5. The molecule has 0 aliphatic carbocycles. The van der Waals surface area contributed by atoms with E-state index in [1.807, 2.05) is 36.1 Å². The fraction of sp³-hybridized carbons (Fsp3) is 0.526. The topological polar surface area (TPSA) is 80.5 Å². The fourth-order valence-electron chi connectivity index (χ4n) is 3.03. The van der Waals surface area contributed by atoms with Gasteiger partial charge in [-0.05, 0) is 50.5 Å². The summed E-state index contributed by atoms with van der Waals surface area (Å²) in [5, 5.41) is 7.15. The number of benzene rings is 1. The molecule has 0 unspecified atom stereocenters. The summed E-state index contributed by atoms with van der Waals surface area (Å²) in [6.45, 7) is 5.51. The van der Waals surface area contributed by atoms with Crippen molar-refractivity contribution in [2.45, 2.75) is 39.2 Å². The number of nitrogens with zero attached hydrogens (tertiary/aromatic N) is 3. The van der Waals surface area contributed by atoms with Crippen LogP contribution in [0.5, 0.6) is 5.75 Å². The van der Waals surface area contributed by atoms with E-state index in [9.17, 15) is 4.79 Å². The third-order valence-electron chi connectivity index (χ3n) is 4.83. The van der Waals surface area contributed by atoms with Gasteiger partial charge < -0.3 is 19.5 Å². The van der Waals surface area contributed by atoms with Gasteiger partial charge in [-0.25, -0.2) is 0 Å². The second-order valence-corrected chi connectivity index (χ2v) is 6.73. The van der Waals surface area contributed by atoms with Gasteiger partial charge in [-0.2, -0.15) is 4.98 Å². The Hall–Kier alpha value is -2.57. The SMILES string of the molecule is CC[C@@H](C)NC(=O)[C@@H]1CCCN(c2nc(-c3ccc(OC)cc3)no2)C1. The van der Waals surface area contributed by atoms with Crippen LogP contribution in [-0.4, -0.2) is 42.3 Å². The van der Waals surface area contributed by atoms with Gasteiger partial charge >= 0.3 is 6.01 Å². The molecular formula is C19H26N4O3. The molecule has 2 aromatic rings. The second kappa shape index (κ2) is 8.21. The highest BCUT2D eigenvalue weighted by atomic mass is 16.5. The molecule has 1 aliphatic rings. The lowest BCUT2D eigenvalue weighted by Gasteiger charge is -2.31. The number of hydrogen-bond donors (Lipinski definition) is 1. The molecule has 3 rings (SSSR count). The van der Waals surface area contributed by atoms with Crippen LogP contribution in [0.4, 0.5) is 6.01 Å². The number of piperidine rings is 1. The summed E-state index contributed by atoms with van der Waals surface area (Å²) in [6.07, 6.45) is 2.74.